The first-order valence-corrected chi connectivity index (χ1v) is 15.0. The van der Waals surface area contributed by atoms with Crippen molar-refractivity contribution in [1.82, 2.24) is 14.7 Å². The number of aryl methyl sites for hydroxylation is 1. The first-order valence-electron chi connectivity index (χ1n) is 15.0. The molecular formula is C33H41F7N3NaO4. The first-order chi connectivity index (χ1) is 21.2. The Labute approximate surface area is 298 Å². The minimum absolute atomic E-state index is 0. The number of amides is 3. The summed E-state index contributed by atoms with van der Waals surface area (Å²) >= 11 is 0. The Morgan fingerprint density at radius 2 is 1.40 bits per heavy atom. The summed E-state index contributed by atoms with van der Waals surface area (Å²) in [5.74, 6) is -0.506. The van der Waals surface area contributed by atoms with Crippen LogP contribution >= 0.6 is 0 Å². The van der Waals surface area contributed by atoms with Crippen molar-refractivity contribution < 1.29 is 79.7 Å². The Balaban J connectivity index is 0.00000124. The molecule has 1 heterocycles. The molecule has 1 saturated carbocycles. The minimum Gasteiger partial charge on any atom is -0.850 e. The van der Waals surface area contributed by atoms with E-state index in [9.17, 15) is 45.4 Å². The monoisotopic (exact) mass is 699 g/mol. The van der Waals surface area contributed by atoms with Crippen LogP contribution in [-0.4, -0.2) is 64.7 Å². The molecule has 262 valence electrons. The van der Waals surface area contributed by atoms with Gasteiger partial charge in [-0.05, 0) is 87.6 Å². The number of halogens is 7. The van der Waals surface area contributed by atoms with Gasteiger partial charge in [-0.25, -0.2) is 14.0 Å². The van der Waals surface area contributed by atoms with Crippen molar-refractivity contribution in [2.75, 3.05) is 26.7 Å². The normalized spacial score (nSPS) is 17.9. The Kier molecular flexibility index (Phi) is 12.8. The van der Waals surface area contributed by atoms with Crippen LogP contribution in [0.15, 0.2) is 36.4 Å². The van der Waals surface area contributed by atoms with Gasteiger partial charge in [0.1, 0.15) is 11.4 Å². The first kappa shape index (κ1) is 41.6. The molecule has 48 heavy (non-hydrogen) atoms. The quantitative estimate of drug-likeness (QED) is 0.346. The Bertz CT molecular complexity index is 1430. The fraction of sp³-hybridized carbons (Fsp3) is 0.576. The van der Waals surface area contributed by atoms with Gasteiger partial charge in [0, 0.05) is 26.7 Å². The van der Waals surface area contributed by atoms with Crippen LogP contribution in [0, 0.1) is 12.7 Å². The van der Waals surface area contributed by atoms with Gasteiger partial charge in [0.2, 0.25) is 0 Å². The summed E-state index contributed by atoms with van der Waals surface area (Å²) in [4.78, 5) is 30.9. The standard InChI is InChI=1S/C29H32F7N3O3.C4H9O.Na/c1-17-12-21(30)6-7-22(17)23-16-38(25(41)42-26(2,3)4)10-11-39(23)24(40)37(5)27(8-9-27)18-13-19(28(31,32)33)15-20(14-18)29(34,35)36;1-4(2,3)5;/h6-7,12-15,23H,8-11,16H2,1-5H3;1-3H3;/q;-1;+1/t23-;;/m1../s1. The SMILES string of the molecule is CC(C)(C)[O-].Cc1cc(F)ccc1[C@H]1CN(C(=O)OC(C)(C)C)CCN1C(=O)N(C)C1(c2cc(C(F)(F)F)cc(C(F)(F)F)c2)CC1.[Na+]. The number of ether oxygens (including phenoxy) is 1. The summed E-state index contributed by atoms with van der Waals surface area (Å²) in [5, 5.41) is 10.1. The third kappa shape index (κ3) is 10.7. The van der Waals surface area contributed by atoms with Crippen molar-refractivity contribution in [3.63, 3.8) is 0 Å². The zero-order valence-corrected chi connectivity index (χ0v) is 30.7. The van der Waals surface area contributed by atoms with E-state index in [0.29, 0.717) is 23.3 Å². The molecular weight excluding hydrogens is 658 g/mol. The van der Waals surface area contributed by atoms with Gasteiger partial charge in [-0.15, -0.1) is 5.60 Å². The maximum absolute atomic E-state index is 14.0. The Morgan fingerprint density at radius 3 is 1.81 bits per heavy atom. The molecule has 0 spiro atoms. The van der Waals surface area contributed by atoms with Crippen molar-refractivity contribution in [1.29, 1.82) is 0 Å². The number of rotatable bonds is 3. The van der Waals surface area contributed by atoms with Crippen LogP contribution in [0.4, 0.5) is 40.3 Å². The summed E-state index contributed by atoms with van der Waals surface area (Å²) in [6.07, 6.45) is -10.4. The summed E-state index contributed by atoms with van der Waals surface area (Å²) in [6, 6.07) is 3.93. The zero-order chi connectivity index (χ0) is 35.9. The van der Waals surface area contributed by atoms with E-state index in [1.54, 1.807) is 48.5 Å². The number of benzene rings is 2. The van der Waals surface area contributed by atoms with Crippen LogP contribution in [0.5, 0.6) is 0 Å². The molecule has 1 aliphatic heterocycles. The third-order valence-electron chi connectivity index (χ3n) is 7.65. The van der Waals surface area contributed by atoms with E-state index in [-0.39, 0.29) is 73.7 Å². The topological polar surface area (TPSA) is 76.1 Å². The summed E-state index contributed by atoms with van der Waals surface area (Å²) in [5.41, 5.74) is -5.06. The van der Waals surface area contributed by atoms with Crippen molar-refractivity contribution in [3.05, 3.63) is 70.0 Å². The summed E-state index contributed by atoms with van der Waals surface area (Å²) < 4.78 is 101. The average Bonchev–Trinajstić information content (AvgIpc) is 3.71. The number of nitrogens with zero attached hydrogens (tertiary/aromatic N) is 3. The second kappa shape index (κ2) is 14.7. The van der Waals surface area contributed by atoms with Crippen molar-refractivity contribution in [3.8, 4) is 0 Å². The van der Waals surface area contributed by atoms with E-state index in [1.165, 1.54) is 39.9 Å². The molecule has 2 fully saturated rings. The number of alkyl halides is 6. The third-order valence-corrected chi connectivity index (χ3v) is 7.65. The molecule has 0 radical (unpaired) electrons. The van der Waals surface area contributed by atoms with Crippen LogP contribution in [0.1, 0.15) is 88.2 Å². The largest absolute Gasteiger partial charge is 1.00 e. The smallest absolute Gasteiger partial charge is 0.850 e. The molecule has 1 aliphatic carbocycles. The molecule has 4 rings (SSSR count). The summed E-state index contributed by atoms with van der Waals surface area (Å²) in [6.45, 7) is 11.7. The van der Waals surface area contributed by atoms with Crippen LogP contribution in [0.25, 0.3) is 0 Å². The molecule has 15 heteroatoms. The maximum atomic E-state index is 14.0. The number of piperazine rings is 1. The molecule has 2 aromatic rings. The predicted octanol–water partition coefficient (Wildman–Crippen LogP) is 4.66. The second-order valence-corrected chi connectivity index (χ2v) is 13.9. The molecule has 3 amide bonds. The molecule has 1 atom stereocenters. The van der Waals surface area contributed by atoms with Gasteiger partial charge < -0.3 is 24.5 Å². The van der Waals surface area contributed by atoms with Gasteiger partial charge in [0.05, 0.1) is 22.7 Å². The van der Waals surface area contributed by atoms with Gasteiger partial charge in [0.25, 0.3) is 0 Å². The van der Waals surface area contributed by atoms with E-state index in [0.717, 1.165) is 0 Å². The number of hydrogen-bond acceptors (Lipinski definition) is 4. The number of carbonyl (C=O) groups is 2. The number of carbonyl (C=O) groups excluding carboxylic acids is 2. The van der Waals surface area contributed by atoms with E-state index < -0.39 is 64.2 Å². The number of hydrogen-bond donors (Lipinski definition) is 0. The van der Waals surface area contributed by atoms with Gasteiger partial charge in [0.15, 0.2) is 0 Å². The fourth-order valence-corrected chi connectivity index (χ4v) is 5.32. The average molecular weight is 700 g/mol. The molecule has 0 N–H and O–H groups in total. The maximum Gasteiger partial charge on any atom is 1.00 e. The van der Waals surface area contributed by atoms with E-state index in [2.05, 4.69) is 0 Å². The van der Waals surface area contributed by atoms with Crippen LogP contribution in [0.3, 0.4) is 0 Å². The summed E-state index contributed by atoms with van der Waals surface area (Å²) in [7, 11) is 1.34. The van der Waals surface area contributed by atoms with Gasteiger partial charge in [-0.1, -0.05) is 26.8 Å². The van der Waals surface area contributed by atoms with Gasteiger partial charge >= 0.3 is 54.0 Å². The van der Waals surface area contributed by atoms with Crippen LogP contribution in [-0.2, 0) is 22.6 Å². The van der Waals surface area contributed by atoms with Crippen molar-refractivity contribution in [2.24, 2.45) is 0 Å². The van der Waals surface area contributed by atoms with E-state index >= 15 is 0 Å². The second-order valence-electron chi connectivity index (χ2n) is 13.9. The van der Waals surface area contributed by atoms with Gasteiger partial charge in [-0.3, -0.25) is 0 Å². The molecule has 7 nitrogen and oxygen atoms in total. The molecule has 2 aliphatic rings. The predicted molar refractivity (Wildman–Crippen MR) is 159 cm³/mol. The molecule has 1 saturated heterocycles. The minimum atomic E-state index is -5.03. The van der Waals surface area contributed by atoms with Crippen LogP contribution < -0.4 is 34.7 Å². The van der Waals surface area contributed by atoms with Gasteiger partial charge in [-0.2, -0.15) is 26.3 Å². The van der Waals surface area contributed by atoms with Crippen LogP contribution in [0.2, 0.25) is 0 Å². The molecule has 0 unspecified atom stereocenters. The van der Waals surface area contributed by atoms with Crippen molar-refractivity contribution in [2.45, 2.75) is 96.4 Å². The number of urea groups is 1. The molecule has 0 aromatic heterocycles. The zero-order valence-electron chi connectivity index (χ0n) is 28.7. The Morgan fingerprint density at radius 1 is 0.896 bits per heavy atom. The van der Waals surface area contributed by atoms with E-state index in [1.807, 2.05) is 0 Å². The Hall–Kier alpha value is -2.55. The fourth-order valence-electron chi connectivity index (χ4n) is 5.32. The van der Waals surface area contributed by atoms with E-state index in [4.69, 9.17) is 4.74 Å². The molecule has 0 bridgehead atoms. The van der Waals surface area contributed by atoms with Crippen molar-refractivity contribution >= 4 is 12.1 Å². The molecule has 2 aromatic carbocycles.